The van der Waals surface area contributed by atoms with E-state index in [1.807, 2.05) is 6.92 Å². The Morgan fingerprint density at radius 3 is 2.51 bits per heavy atom. The number of aliphatic hydroxyl groups is 1. The van der Waals surface area contributed by atoms with Crippen LogP contribution in [0.25, 0.3) is 0 Å². The Balaban J connectivity index is 2.58. The lowest BCUT2D eigenvalue weighted by Crippen LogP contribution is -2.38. The van der Waals surface area contributed by atoms with Gasteiger partial charge in [-0.1, -0.05) is 44.2 Å². The molecule has 5 N–H and O–H groups in total. The van der Waals surface area contributed by atoms with E-state index in [0.29, 0.717) is 17.6 Å². The highest BCUT2D eigenvalue weighted by Gasteiger charge is 2.33. The van der Waals surface area contributed by atoms with Gasteiger partial charge in [0.2, 0.25) is 11.6 Å². The molecule has 0 radical (unpaired) electrons. The fourth-order valence-corrected chi connectivity index (χ4v) is 5.10. The quantitative estimate of drug-likeness (QED) is 0.263. The number of nitrogens with one attached hydrogen (secondary N) is 2. The highest BCUT2D eigenvalue weighted by atomic mass is 16.6. The molecular formula is C32H45N3O8. The zero-order valence-electron chi connectivity index (χ0n) is 25.8. The first-order chi connectivity index (χ1) is 20.3. The number of hydrogen-bond donors (Lipinski definition) is 4. The fourth-order valence-electron chi connectivity index (χ4n) is 5.10. The number of nitrogens with two attached hydrogens (primary N) is 1. The minimum Gasteiger partial charge on any atom is -0.439 e. The van der Waals surface area contributed by atoms with E-state index in [4.69, 9.17) is 19.9 Å². The number of methoxy groups -OCH3 is 2. The van der Waals surface area contributed by atoms with Crippen LogP contribution in [0.3, 0.4) is 0 Å². The van der Waals surface area contributed by atoms with Crippen molar-refractivity contribution in [2.75, 3.05) is 27.3 Å². The van der Waals surface area contributed by atoms with Crippen LogP contribution in [-0.4, -0.2) is 80.3 Å². The fraction of sp³-hybridized carbons (Fsp3) is 0.500. The molecule has 11 nitrogen and oxygen atoms in total. The lowest BCUT2D eigenvalue weighted by molar-refractivity contribution is -0.117. The normalized spacial score (nSPS) is 31.4. The standard InChI is InChI=1S/C32H45N3O8/c1-8-12-34-28-22-13-18(2)14-27(42-7)29(38)20(4)15-21(5)31(43-32(33)40)26(41-6)11-9-10-19(3)25(37)17-35-23(30(22)39)16-24(28)36/h8-11,15-16,18,20,26-27,29,31,34-35,38H,1,12-14,17H2,2-7H3,(H2,33,40)/b11-9-,19-10+,21-15+/t18-,20+,26+,27+,29-,31?/m1/s1. The Hall–Kier alpha value is -3.80. The molecule has 0 saturated heterocycles. The van der Waals surface area contributed by atoms with Crippen molar-refractivity contribution in [3.05, 3.63) is 71.1 Å². The van der Waals surface area contributed by atoms with E-state index in [-0.39, 0.29) is 59.7 Å². The lowest BCUT2D eigenvalue weighted by atomic mass is 9.85. The number of ether oxygens (including phenoxy) is 3. The van der Waals surface area contributed by atoms with Gasteiger partial charge in [-0.05, 0) is 43.8 Å². The average molecular weight is 600 g/mol. The SMILES string of the molecule is C=CCNC1=C2C[C@@H](C)C[C@H](OC)[C@H](O)[C@@H](C)/C=C(\C)C(OC(N)=O)[C@@H](OC)/C=C\C=C(/C)C(=O)CNC(=CC1=O)C2=O. The third kappa shape index (κ3) is 9.87. The number of allylic oxidation sites excluding steroid dienone is 4. The summed E-state index contributed by atoms with van der Waals surface area (Å²) in [6.07, 6.45) is 5.71. The van der Waals surface area contributed by atoms with Gasteiger partial charge in [0, 0.05) is 38.3 Å². The molecule has 0 aromatic carbocycles. The number of hydrogen-bond acceptors (Lipinski definition) is 10. The largest absolute Gasteiger partial charge is 0.439 e. The molecule has 236 valence electrons. The van der Waals surface area contributed by atoms with Gasteiger partial charge in [0.05, 0.1) is 30.1 Å². The van der Waals surface area contributed by atoms with Crippen molar-refractivity contribution in [3.8, 4) is 0 Å². The van der Waals surface area contributed by atoms with Gasteiger partial charge in [0.15, 0.2) is 11.9 Å². The Bertz CT molecular complexity index is 1230. The van der Waals surface area contributed by atoms with E-state index in [9.17, 15) is 24.3 Å². The van der Waals surface area contributed by atoms with Crippen LogP contribution in [0, 0.1) is 11.8 Å². The zero-order chi connectivity index (χ0) is 32.3. The van der Waals surface area contributed by atoms with Gasteiger partial charge in [-0.2, -0.15) is 0 Å². The minimum atomic E-state index is -0.989. The van der Waals surface area contributed by atoms with Crippen LogP contribution in [0.1, 0.15) is 40.5 Å². The van der Waals surface area contributed by atoms with Crippen molar-refractivity contribution >= 4 is 23.4 Å². The lowest BCUT2D eigenvalue weighted by Gasteiger charge is -2.30. The molecule has 0 aromatic heterocycles. The second-order valence-electron chi connectivity index (χ2n) is 10.9. The second-order valence-corrected chi connectivity index (χ2v) is 10.9. The first-order valence-corrected chi connectivity index (χ1v) is 14.2. The summed E-state index contributed by atoms with van der Waals surface area (Å²) in [5.74, 6) is -1.69. The Morgan fingerprint density at radius 1 is 1.21 bits per heavy atom. The second kappa shape index (κ2) is 16.7. The van der Waals surface area contributed by atoms with Crippen molar-refractivity contribution < 1.29 is 38.5 Å². The van der Waals surface area contributed by atoms with Crippen molar-refractivity contribution in [3.63, 3.8) is 0 Å². The van der Waals surface area contributed by atoms with Crippen molar-refractivity contribution in [2.24, 2.45) is 17.6 Å². The van der Waals surface area contributed by atoms with Crippen LogP contribution in [0.2, 0.25) is 0 Å². The molecule has 1 unspecified atom stereocenters. The molecule has 43 heavy (non-hydrogen) atoms. The highest BCUT2D eigenvalue weighted by Crippen LogP contribution is 2.28. The molecule has 1 aliphatic heterocycles. The van der Waals surface area contributed by atoms with Gasteiger partial charge in [-0.25, -0.2) is 4.79 Å². The first kappa shape index (κ1) is 35.4. The van der Waals surface area contributed by atoms with E-state index in [0.717, 1.165) is 0 Å². The van der Waals surface area contributed by atoms with Crippen molar-refractivity contribution in [1.82, 2.24) is 10.6 Å². The Labute approximate surface area is 253 Å². The zero-order valence-corrected chi connectivity index (χ0v) is 25.8. The number of ketones is 3. The summed E-state index contributed by atoms with van der Waals surface area (Å²) in [6.45, 7) is 10.8. The maximum atomic E-state index is 13.5. The predicted octanol–water partition coefficient (Wildman–Crippen LogP) is 2.58. The molecule has 2 rings (SSSR count). The van der Waals surface area contributed by atoms with Gasteiger partial charge in [0.1, 0.15) is 6.10 Å². The molecular weight excluding hydrogens is 554 g/mol. The molecule has 0 aromatic rings. The number of amides is 1. The van der Waals surface area contributed by atoms with Crippen molar-refractivity contribution in [1.29, 1.82) is 0 Å². The van der Waals surface area contributed by atoms with Gasteiger partial charge >= 0.3 is 6.09 Å². The third-order valence-electron chi connectivity index (χ3n) is 7.49. The molecule has 6 atom stereocenters. The molecule has 1 heterocycles. The van der Waals surface area contributed by atoms with Gasteiger partial charge in [-0.3, -0.25) is 14.4 Å². The van der Waals surface area contributed by atoms with Gasteiger partial charge in [-0.15, -0.1) is 6.58 Å². The van der Waals surface area contributed by atoms with Crippen LogP contribution in [-0.2, 0) is 28.6 Å². The molecule has 0 spiro atoms. The number of carbonyl (C=O) groups excluding carboxylic acids is 4. The van der Waals surface area contributed by atoms with E-state index >= 15 is 0 Å². The number of carbonyl (C=O) groups is 4. The number of aliphatic hydroxyl groups excluding tert-OH is 1. The van der Waals surface area contributed by atoms with E-state index in [2.05, 4.69) is 17.2 Å². The Morgan fingerprint density at radius 2 is 1.91 bits per heavy atom. The van der Waals surface area contributed by atoms with E-state index < -0.39 is 36.4 Å². The van der Waals surface area contributed by atoms with Crippen LogP contribution in [0.15, 0.2) is 71.1 Å². The number of Topliss-reactive ketones (excluding diaryl/α,β-unsaturated/α-hetero) is 2. The molecule has 1 aliphatic carbocycles. The maximum Gasteiger partial charge on any atom is 0.405 e. The van der Waals surface area contributed by atoms with Crippen LogP contribution in [0.5, 0.6) is 0 Å². The minimum absolute atomic E-state index is 0.0332. The van der Waals surface area contributed by atoms with Gasteiger partial charge < -0.3 is 35.7 Å². The van der Waals surface area contributed by atoms with E-state index in [1.54, 1.807) is 51.2 Å². The summed E-state index contributed by atoms with van der Waals surface area (Å²) in [5.41, 5.74) is 6.83. The van der Waals surface area contributed by atoms with E-state index in [1.165, 1.54) is 20.3 Å². The molecule has 0 saturated carbocycles. The smallest absolute Gasteiger partial charge is 0.405 e. The van der Waals surface area contributed by atoms with Crippen LogP contribution in [0.4, 0.5) is 4.79 Å². The summed E-state index contributed by atoms with van der Waals surface area (Å²) in [7, 11) is 2.94. The summed E-state index contributed by atoms with van der Waals surface area (Å²) >= 11 is 0. The number of primary amides is 1. The monoisotopic (exact) mass is 599 g/mol. The first-order valence-electron chi connectivity index (χ1n) is 14.2. The third-order valence-corrected chi connectivity index (χ3v) is 7.49. The summed E-state index contributed by atoms with van der Waals surface area (Å²) in [5, 5.41) is 17.1. The van der Waals surface area contributed by atoms with Crippen LogP contribution >= 0.6 is 0 Å². The summed E-state index contributed by atoms with van der Waals surface area (Å²) < 4.78 is 16.6. The predicted molar refractivity (Wildman–Crippen MR) is 163 cm³/mol. The topological polar surface area (TPSA) is 166 Å². The molecule has 0 fully saturated rings. The number of rotatable bonds is 6. The molecule has 2 bridgehead atoms. The molecule has 1 amide bonds. The molecule has 2 aliphatic rings. The van der Waals surface area contributed by atoms with Crippen molar-refractivity contribution in [2.45, 2.75) is 65.0 Å². The highest BCUT2D eigenvalue weighted by molar-refractivity contribution is 6.22. The Kier molecular flexibility index (Phi) is 13.8. The summed E-state index contributed by atoms with van der Waals surface area (Å²) in [6, 6.07) is 0. The number of fused-ring (bicyclic) bond motifs is 2. The van der Waals surface area contributed by atoms with Gasteiger partial charge in [0.25, 0.3) is 0 Å². The van der Waals surface area contributed by atoms with Crippen LogP contribution < -0.4 is 16.4 Å². The maximum absolute atomic E-state index is 13.5. The average Bonchev–Trinajstić information content (AvgIpc) is 2.96. The molecule has 11 heteroatoms. The summed E-state index contributed by atoms with van der Waals surface area (Å²) in [4.78, 5) is 51.2.